The maximum absolute atomic E-state index is 11.0. The molecule has 0 fully saturated rings. The Morgan fingerprint density at radius 2 is 2.20 bits per heavy atom. The number of hydrogen-bond acceptors (Lipinski definition) is 3. The fourth-order valence-electron chi connectivity index (χ4n) is 1.06. The Kier molecular flexibility index (Phi) is 1.74. The van der Waals surface area contributed by atoms with Crippen molar-refractivity contribution in [2.24, 2.45) is 4.99 Å². The maximum Gasteiger partial charge on any atom is 0.340 e. The highest BCUT2D eigenvalue weighted by Gasteiger charge is 2.39. The average molecular weight is 141 g/mol. The predicted molar refractivity (Wildman–Crippen MR) is 37.9 cm³/mol. The molecule has 0 amide bonds. The third-order valence-electron chi connectivity index (χ3n) is 2.01. The van der Waals surface area contributed by atoms with E-state index in [0.29, 0.717) is 0 Å². The highest BCUT2D eigenvalue weighted by Crippen LogP contribution is 2.24. The highest BCUT2D eigenvalue weighted by atomic mass is 16.5. The van der Waals surface area contributed by atoms with E-state index in [1.54, 1.807) is 0 Å². The van der Waals surface area contributed by atoms with Gasteiger partial charge >= 0.3 is 5.97 Å². The number of carbonyl (C=O) groups excluding carboxylic acids is 1. The molecule has 1 aliphatic heterocycles. The Labute approximate surface area is 60.1 Å². The van der Waals surface area contributed by atoms with Crippen LogP contribution in [0.3, 0.4) is 0 Å². The van der Waals surface area contributed by atoms with Gasteiger partial charge in [-0.25, -0.2) is 9.79 Å². The minimum absolute atomic E-state index is 0.211. The fraction of sp³-hybridized carbons (Fsp3) is 0.714. The number of nitrogens with zero attached hydrogens (tertiary/aromatic N) is 1. The van der Waals surface area contributed by atoms with Crippen LogP contribution in [-0.4, -0.2) is 17.9 Å². The van der Waals surface area contributed by atoms with Gasteiger partial charge in [-0.05, 0) is 12.8 Å². The van der Waals surface area contributed by atoms with Crippen LogP contribution < -0.4 is 0 Å². The lowest BCUT2D eigenvalue weighted by molar-refractivity contribution is -0.138. The summed E-state index contributed by atoms with van der Waals surface area (Å²) < 4.78 is 4.62. The average Bonchev–Trinajstić information content (AvgIpc) is 2.32. The van der Waals surface area contributed by atoms with Crippen LogP contribution in [0.4, 0.5) is 0 Å². The standard InChI is InChI=1S/C7H11NO2/c1-3-7(4-2)6(9)10-5-8-7/h5H,3-4H2,1-2H3. The van der Waals surface area contributed by atoms with Gasteiger partial charge in [0.25, 0.3) is 0 Å². The number of hydrogen-bond donors (Lipinski definition) is 0. The first-order valence-corrected chi connectivity index (χ1v) is 3.50. The lowest BCUT2D eigenvalue weighted by atomic mass is 9.95. The van der Waals surface area contributed by atoms with Crippen molar-refractivity contribution in [1.29, 1.82) is 0 Å². The van der Waals surface area contributed by atoms with Crippen LogP contribution in [-0.2, 0) is 9.53 Å². The van der Waals surface area contributed by atoms with Crippen LogP contribution in [0.15, 0.2) is 4.99 Å². The molecule has 0 aliphatic carbocycles. The van der Waals surface area contributed by atoms with Crippen molar-refractivity contribution in [3.8, 4) is 0 Å². The van der Waals surface area contributed by atoms with Gasteiger partial charge in [0.05, 0.1) is 0 Å². The van der Waals surface area contributed by atoms with E-state index >= 15 is 0 Å². The summed E-state index contributed by atoms with van der Waals surface area (Å²) in [5.74, 6) is -0.211. The van der Waals surface area contributed by atoms with Crippen molar-refractivity contribution >= 4 is 12.4 Å². The molecule has 1 heterocycles. The number of carbonyl (C=O) groups is 1. The zero-order valence-electron chi connectivity index (χ0n) is 6.26. The molecule has 3 nitrogen and oxygen atoms in total. The first-order valence-electron chi connectivity index (χ1n) is 3.50. The lowest BCUT2D eigenvalue weighted by Gasteiger charge is -2.16. The second-order valence-electron chi connectivity index (χ2n) is 2.38. The van der Waals surface area contributed by atoms with Gasteiger partial charge in [-0.1, -0.05) is 13.8 Å². The number of rotatable bonds is 2. The van der Waals surface area contributed by atoms with Crippen molar-refractivity contribution in [3.63, 3.8) is 0 Å². The Balaban J connectivity index is 2.81. The molecule has 0 N–H and O–H groups in total. The van der Waals surface area contributed by atoms with Crippen molar-refractivity contribution < 1.29 is 9.53 Å². The highest BCUT2D eigenvalue weighted by molar-refractivity contribution is 5.91. The molecule has 0 unspecified atom stereocenters. The fourth-order valence-corrected chi connectivity index (χ4v) is 1.06. The Morgan fingerprint density at radius 1 is 1.60 bits per heavy atom. The Bertz CT molecular complexity index is 170. The van der Waals surface area contributed by atoms with Crippen LogP contribution >= 0.6 is 0 Å². The van der Waals surface area contributed by atoms with Crippen molar-refractivity contribution in [3.05, 3.63) is 0 Å². The Morgan fingerprint density at radius 3 is 2.40 bits per heavy atom. The van der Waals surface area contributed by atoms with Gasteiger partial charge < -0.3 is 4.74 Å². The number of ether oxygens (including phenoxy) is 1. The van der Waals surface area contributed by atoms with Gasteiger partial charge in [-0.3, -0.25) is 0 Å². The quantitative estimate of drug-likeness (QED) is 0.541. The topological polar surface area (TPSA) is 38.7 Å². The molecular formula is C7H11NO2. The minimum atomic E-state index is -0.556. The van der Waals surface area contributed by atoms with E-state index in [4.69, 9.17) is 0 Å². The summed E-state index contributed by atoms with van der Waals surface area (Å²) in [5.41, 5.74) is -0.556. The van der Waals surface area contributed by atoms with Gasteiger partial charge in [0.1, 0.15) is 0 Å². The lowest BCUT2D eigenvalue weighted by Crippen LogP contribution is -2.31. The molecule has 0 saturated heterocycles. The van der Waals surface area contributed by atoms with Crippen molar-refractivity contribution in [2.45, 2.75) is 32.2 Å². The summed E-state index contributed by atoms with van der Waals surface area (Å²) in [7, 11) is 0. The zero-order chi connectivity index (χ0) is 7.61. The van der Waals surface area contributed by atoms with Gasteiger partial charge in [-0.15, -0.1) is 0 Å². The minimum Gasteiger partial charge on any atom is -0.413 e. The van der Waals surface area contributed by atoms with Crippen molar-refractivity contribution in [2.75, 3.05) is 0 Å². The van der Waals surface area contributed by atoms with E-state index in [1.165, 1.54) is 6.40 Å². The molecule has 1 aliphatic rings. The normalized spacial score (nSPS) is 21.2. The summed E-state index contributed by atoms with van der Waals surface area (Å²) in [6.07, 6.45) is 2.69. The summed E-state index contributed by atoms with van der Waals surface area (Å²) in [6.45, 7) is 3.88. The molecule has 56 valence electrons. The van der Waals surface area contributed by atoms with E-state index in [1.807, 2.05) is 13.8 Å². The van der Waals surface area contributed by atoms with Gasteiger partial charge in [0.15, 0.2) is 11.9 Å². The largest absolute Gasteiger partial charge is 0.413 e. The predicted octanol–water partition coefficient (Wildman–Crippen LogP) is 1.13. The van der Waals surface area contributed by atoms with E-state index in [-0.39, 0.29) is 5.97 Å². The van der Waals surface area contributed by atoms with Crippen LogP contribution in [0.2, 0.25) is 0 Å². The summed E-state index contributed by atoms with van der Waals surface area (Å²) >= 11 is 0. The van der Waals surface area contributed by atoms with Crippen LogP contribution in [0.1, 0.15) is 26.7 Å². The number of esters is 1. The van der Waals surface area contributed by atoms with Gasteiger partial charge in [0.2, 0.25) is 0 Å². The molecular weight excluding hydrogens is 130 g/mol. The van der Waals surface area contributed by atoms with E-state index in [0.717, 1.165) is 12.8 Å². The molecule has 0 aromatic rings. The summed E-state index contributed by atoms with van der Waals surface area (Å²) in [6, 6.07) is 0. The number of cyclic esters (lactones) is 1. The second-order valence-corrected chi connectivity index (χ2v) is 2.38. The maximum atomic E-state index is 11.0. The van der Waals surface area contributed by atoms with Gasteiger partial charge in [-0.2, -0.15) is 0 Å². The first kappa shape index (κ1) is 7.25. The van der Waals surface area contributed by atoms with E-state index < -0.39 is 5.54 Å². The molecule has 0 aromatic carbocycles. The van der Waals surface area contributed by atoms with E-state index in [2.05, 4.69) is 9.73 Å². The molecule has 0 radical (unpaired) electrons. The third-order valence-corrected chi connectivity index (χ3v) is 2.01. The Hall–Kier alpha value is -0.860. The summed E-state index contributed by atoms with van der Waals surface area (Å²) in [5, 5.41) is 0. The number of aliphatic imine (C=N–C) groups is 1. The summed E-state index contributed by atoms with van der Waals surface area (Å²) in [4.78, 5) is 15.0. The zero-order valence-corrected chi connectivity index (χ0v) is 6.26. The molecule has 10 heavy (non-hydrogen) atoms. The molecule has 0 bridgehead atoms. The van der Waals surface area contributed by atoms with Crippen LogP contribution in [0.5, 0.6) is 0 Å². The molecule has 1 rings (SSSR count). The molecule has 3 heteroatoms. The SMILES string of the molecule is CCC1(CC)N=COC1=O. The molecule has 0 spiro atoms. The second kappa shape index (κ2) is 2.40. The third kappa shape index (κ3) is 0.818. The van der Waals surface area contributed by atoms with Crippen molar-refractivity contribution in [1.82, 2.24) is 0 Å². The smallest absolute Gasteiger partial charge is 0.340 e. The first-order chi connectivity index (χ1) is 4.75. The van der Waals surface area contributed by atoms with Gasteiger partial charge in [0, 0.05) is 0 Å². The molecule has 0 aromatic heterocycles. The van der Waals surface area contributed by atoms with Crippen LogP contribution in [0, 0.1) is 0 Å². The molecule has 0 saturated carbocycles. The monoisotopic (exact) mass is 141 g/mol. The molecule has 0 atom stereocenters. The van der Waals surface area contributed by atoms with Crippen LogP contribution in [0.25, 0.3) is 0 Å². The van der Waals surface area contributed by atoms with E-state index in [9.17, 15) is 4.79 Å².